The third-order valence-corrected chi connectivity index (χ3v) is 3.70. The second-order valence-electron chi connectivity index (χ2n) is 6.33. The zero-order valence-corrected chi connectivity index (χ0v) is 15.7. The van der Waals surface area contributed by atoms with Crippen molar-refractivity contribution < 1.29 is 14.4 Å². The maximum atomic E-state index is 11.2. The van der Waals surface area contributed by atoms with Crippen molar-refractivity contribution in [2.75, 3.05) is 12.4 Å². The fourth-order valence-electron chi connectivity index (χ4n) is 2.11. The van der Waals surface area contributed by atoms with Gasteiger partial charge in [-0.05, 0) is 32.9 Å². The van der Waals surface area contributed by atoms with Crippen LogP contribution in [-0.2, 0) is 0 Å². The van der Waals surface area contributed by atoms with Gasteiger partial charge < -0.3 is 14.8 Å². The molecule has 2 rings (SSSR count). The van der Waals surface area contributed by atoms with Crippen LogP contribution in [0.2, 0.25) is 10.0 Å². The van der Waals surface area contributed by atoms with Gasteiger partial charge in [0.25, 0.3) is 5.69 Å². The van der Waals surface area contributed by atoms with Crippen LogP contribution in [0.4, 0.5) is 11.4 Å². The van der Waals surface area contributed by atoms with E-state index < -0.39 is 4.92 Å². The van der Waals surface area contributed by atoms with Gasteiger partial charge in [-0.3, -0.25) is 10.1 Å². The lowest BCUT2D eigenvalue weighted by atomic mass is 10.1. The monoisotopic (exact) mass is 384 g/mol. The summed E-state index contributed by atoms with van der Waals surface area (Å²) in [4.78, 5) is 10.8. The molecular formula is C17H18Cl2N2O4. The van der Waals surface area contributed by atoms with Crippen LogP contribution in [0, 0.1) is 10.1 Å². The smallest absolute Gasteiger partial charge is 0.292 e. The highest BCUT2D eigenvalue weighted by Crippen LogP contribution is 2.39. The lowest BCUT2D eigenvalue weighted by molar-refractivity contribution is -0.384. The molecule has 8 heteroatoms. The number of methoxy groups -OCH3 is 1. The number of nitrogens with zero attached hydrogens (tertiary/aromatic N) is 1. The van der Waals surface area contributed by atoms with Crippen LogP contribution in [0.5, 0.6) is 17.2 Å². The van der Waals surface area contributed by atoms with Gasteiger partial charge >= 0.3 is 0 Å². The lowest BCUT2D eigenvalue weighted by Crippen LogP contribution is -2.26. The van der Waals surface area contributed by atoms with Crippen molar-refractivity contribution in [2.45, 2.75) is 26.3 Å². The fraction of sp³-hybridized carbons (Fsp3) is 0.294. The van der Waals surface area contributed by atoms with Crippen LogP contribution in [0.15, 0.2) is 30.3 Å². The Balaban J connectivity index is 2.41. The minimum atomic E-state index is -0.448. The second-order valence-corrected chi connectivity index (χ2v) is 7.14. The van der Waals surface area contributed by atoms with Crippen molar-refractivity contribution in [1.82, 2.24) is 0 Å². The second kappa shape index (κ2) is 7.37. The van der Waals surface area contributed by atoms with Crippen molar-refractivity contribution in [2.24, 2.45) is 0 Å². The summed E-state index contributed by atoms with van der Waals surface area (Å²) in [6.07, 6.45) is 0. The molecule has 1 N–H and O–H groups in total. The Bertz CT molecular complexity index is 804. The summed E-state index contributed by atoms with van der Waals surface area (Å²) in [6.45, 7) is 5.72. The van der Waals surface area contributed by atoms with Crippen molar-refractivity contribution >= 4 is 34.6 Å². The summed E-state index contributed by atoms with van der Waals surface area (Å²) in [5.74, 6) is 1.14. The summed E-state index contributed by atoms with van der Waals surface area (Å²) >= 11 is 12.2. The van der Waals surface area contributed by atoms with E-state index in [9.17, 15) is 10.1 Å². The van der Waals surface area contributed by atoms with Gasteiger partial charge in [0.15, 0.2) is 0 Å². The Kier molecular flexibility index (Phi) is 5.65. The number of ether oxygens (including phenoxy) is 2. The number of anilines is 1. The largest absolute Gasteiger partial charge is 0.495 e. The van der Waals surface area contributed by atoms with E-state index in [1.165, 1.54) is 25.3 Å². The molecule has 0 heterocycles. The molecule has 0 saturated heterocycles. The van der Waals surface area contributed by atoms with E-state index in [2.05, 4.69) is 5.32 Å². The number of rotatable bonds is 5. The molecule has 0 aliphatic carbocycles. The Labute approximate surface area is 155 Å². The molecule has 0 unspecified atom stereocenters. The third-order valence-electron chi connectivity index (χ3n) is 3.11. The predicted octanol–water partition coefficient (Wildman–Crippen LogP) is 5.91. The zero-order valence-electron chi connectivity index (χ0n) is 14.2. The van der Waals surface area contributed by atoms with Crippen molar-refractivity contribution in [3.63, 3.8) is 0 Å². The van der Waals surface area contributed by atoms with Gasteiger partial charge in [0.1, 0.15) is 22.9 Å². The van der Waals surface area contributed by atoms with Crippen molar-refractivity contribution in [3.05, 3.63) is 50.5 Å². The van der Waals surface area contributed by atoms with Gasteiger partial charge in [0, 0.05) is 23.7 Å². The number of hydrogen-bond acceptors (Lipinski definition) is 5. The molecule has 6 nitrogen and oxygen atoms in total. The first-order chi connectivity index (χ1) is 11.6. The number of nitro benzene ring substituents is 1. The van der Waals surface area contributed by atoms with E-state index in [1.54, 1.807) is 12.1 Å². The van der Waals surface area contributed by atoms with E-state index >= 15 is 0 Å². The van der Waals surface area contributed by atoms with Crippen molar-refractivity contribution in [3.8, 4) is 17.2 Å². The van der Waals surface area contributed by atoms with E-state index in [0.29, 0.717) is 33.0 Å². The maximum Gasteiger partial charge on any atom is 0.292 e. The Morgan fingerprint density at radius 2 is 1.72 bits per heavy atom. The summed E-state index contributed by atoms with van der Waals surface area (Å²) in [5, 5.41) is 15.0. The molecule has 0 saturated carbocycles. The summed E-state index contributed by atoms with van der Waals surface area (Å²) in [7, 11) is 1.48. The Hall–Kier alpha value is -2.18. The lowest BCUT2D eigenvalue weighted by Gasteiger charge is -2.22. The van der Waals surface area contributed by atoms with Crippen LogP contribution >= 0.6 is 23.2 Å². The highest BCUT2D eigenvalue weighted by molar-refractivity contribution is 6.36. The van der Waals surface area contributed by atoms with E-state index in [1.807, 2.05) is 20.8 Å². The maximum absolute atomic E-state index is 11.2. The van der Waals surface area contributed by atoms with Crippen LogP contribution in [-0.4, -0.2) is 17.6 Å². The summed E-state index contributed by atoms with van der Waals surface area (Å²) in [5.41, 5.74) is -0.0426. The first-order valence-electron chi connectivity index (χ1n) is 7.38. The van der Waals surface area contributed by atoms with Crippen LogP contribution in [0.3, 0.4) is 0 Å². The minimum absolute atomic E-state index is 0.0398. The molecule has 0 amide bonds. The van der Waals surface area contributed by atoms with Gasteiger partial charge in [0.05, 0.1) is 22.1 Å². The first-order valence-corrected chi connectivity index (χ1v) is 8.14. The topological polar surface area (TPSA) is 73.6 Å². The highest BCUT2D eigenvalue weighted by Gasteiger charge is 2.20. The molecule has 0 aliphatic heterocycles. The molecule has 2 aromatic rings. The molecule has 0 spiro atoms. The average molecular weight is 385 g/mol. The molecule has 0 radical (unpaired) electrons. The Morgan fingerprint density at radius 3 is 2.28 bits per heavy atom. The standard InChI is InChI=1S/C17H18Cl2N2O4/c1-17(2,3)20-13-7-10(5-6-14(13)21(22)23)25-16-9-15(24-4)11(18)8-12(16)19/h5-9,20H,1-4H3. The van der Waals surface area contributed by atoms with Crippen LogP contribution < -0.4 is 14.8 Å². The number of benzene rings is 2. The van der Waals surface area contributed by atoms with E-state index in [0.717, 1.165) is 0 Å². The molecule has 0 bridgehead atoms. The van der Waals surface area contributed by atoms with Gasteiger partial charge in [-0.15, -0.1) is 0 Å². The molecular weight excluding hydrogens is 367 g/mol. The predicted molar refractivity (Wildman–Crippen MR) is 99.6 cm³/mol. The Morgan fingerprint density at radius 1 is 1.08 bits per heavy atom. The van der Waals surface area contributed by atoms with Crippen LogP contribution in [0.25, 0.3) is 0 Å². The zero-order chi connectivity index (χ0) is 18.8. The fourth-order valence-corrected chi connectivity index (χ4v) is 2.61. The normalized spacial score (nSPS) is 11.1. The SMILES string of the molecule is COc1cc(Oc2ccc([N+](=O)[O-])c(NC(C)(C)C)c2)c(Cl)cc1Cl. The molecule has 134 valence electrons. The minimum Gasteiger partial charge on any atom is -0.495 e. The molecule has 2 aromatic carbocycles. The van der Waals surface area contributed by atoms with E-state index in [4.69, 9.17) is 32.7 Å². The van der Waals surface area contributed by atoms with E-state index in [-0.39, 0.29) is 11.2 Å². The summed E-state index contributed by atoms with van der Waals surface area (Å²) < 4.78 is 10.9. The molecule has 0 atom stereocenters. The third kappa shape index (κ3) is 4.90. The van der Waals surface area contributed by atoms with Crippen LogP contribution in [0.1, 0.15) is 20.8 Å². The van der Waals surface area contributed by atoms with Gasteiger partial charge in [0.2, 0.25) is 0 Å². The highest BCUT2D eigenvalue weighted by atomic mass is 35.5. The average Bonchev–Trinajstić information content (AvgIpc) is 2.48. The summed E-state index contributed by atoms with van der Waals surface area (Å²) in [6, 6.07) is 7.51. The molecule has 25 heavy (non-hydrogen) atoms. The van der Waals surface area contributed by atoms with Gasteiger partial charge in [-0.1, -0.05) is 23.2 Å². The van der Waals surface area contributed by atoms with Crippen molar-refractivity contribution in [1.29, 1.82) is 0 Å². The van der Waals surface area contributed by atoms with Gasteiger partial charge in [-0.25, -0.2) is 0 Å². The first kappa shape index (κ1) is 19.1. The number of hydrogen-bond donors (Lipinski definition) is 1. The molecule has 0 aromatic heterocycles. The number of nitro groups is 1. The van der Waals surface area contributed by atoms with Gasteiger partial charge in [-0.2, -0.15) is 0 Å². The quantitative estimate of drug-likeness (QED) is 0.511. The molecule has 0 aliphatic rings. The number of halogens is 2. The molecule has 0 fully saturated rings. The number of nitrogens with one attached hydrogen (secondary N) is 1.